The Labute approximate surface area is 79.1 Å². The lowest BCUT2D eigenvalue weighted by Crippen LogP contribution is -2.44. The molecule has 0 fully saturated rings. The average Bonchev–Trinajstić information content (AvgIpc) is 2.14. The summed E-state index contributed by atoms with van der Waals surface area (Å²) < 4.78 is 20.2. The summed E-state index contributed by atoms with van der Waals surface area (Å²) in [6, 6.07) is 0.405. The van der Waals surface area contributed by atoms with Crippen LogP contribution in [0, 0.1) is 0 Å². The highest BCUT2D eigenvalue weighted by molar-refractivity contribution is 7.80. The first-order valence-electron chi connectivity index (χ1n) is 3.36. The molecule has 72 valence electrons. The Kier molecular flexibility index (Phi) is 5.60. The fourth-order valence-electron chi connectivity index (χ4n) is 0.715. The minimum atomic E-state index is -2.57. The molecule has 0 heterocycles. The minimum absolute atomic E-state index is 0.405. The van der Waals surface area contributed by atoms with Crippen LogP contribution < -0.4 is 0 Å². The van der Waals surface area contributed by atoms with Gasteiger partial charge in [0.15, 0.2) is 5.05 Å². The van der Waals surface area contributed by atoms with E-state index in [1.165, 1.54) is 28.4 Å². The van der Waals surface area contributed by atoms with E-state index in [9.17, 15) is 0 Å². The molecular weight excluding hydrogens is 196 g/mol. The van der Waals surface area contributed by atoms with Crippen LogP contribution in [-0.4, -0.2) is 42.3 Å². The van der Waals surface area contributed by atoms with Crippen LogP contribution in [0.1, 0.15) is 0 Å². The van der Waals surface area contributed by atoms with Crippen molar-refractivity contribution in [3.05, 3.63) is 0 Å². The van der Waals surface area contributed by atoms with Gasteiger partial charge in [0.2, 0.25) is 0 Å². The quantitative estimate of drug-likeness (QED) is 0.496. The second kappa shape index (κ2) is 5.60. The smallest absolute Gasteiger partial charge is 0.490 e. The fraction of sp³-hybridized carbons (Fsp3) is 0.833. The molecule has 0 aromatic heterocycles. The van der Waals surface area contributed by atoms with E-state index in [0.717, 1.165) is 0 Å². The van der Waals surface area contributed by atoms with Crippen LogP contribution in [0.5, 0.6) is 0 Å². The van der Waals surface area contributed by atoms with E-state index >= 15 is 0 Å². The first kappa shape index (κ1) is 12.0. The van der Waals surface area contributed by atoms with E-state index in [2.05, 4.69) is 0 Å². The molecule has 0 unspecified atom stereocenters. The van der Waals surface area contributed by atoms with Gasteiger partial charge in [0.1, 0.15) is 0 Å². The van der Waals surface area contributed by atoms with E-state index in [0.29, 0.717) is 11.1 Å². The zero-order chi connectivity index (χ0) is 9.61. The van der Waals surface area contributed by atoms with Crippen molar-refractivity contribution in [3.63, 3.8) is 0 Å². The molecule has 0 aromatic rings. The lowest BCUT2D eigenvalue weighted by Gasteiger charge is -2.23. The molecule has 0 atom stereocenters. The van der Waals surface area contributed by atoms with Crippen LogP contribution in [0.25, 0.3) is 0 Å². The van der Waals surface area contributed by atoms with Crippen LogP contribution >= 0.6 is 12.2 Å². The third kappa shape index (κ3) is 3.16. The fourth-order valence-corrected chi connectivity index (χ4v) is 2.68. The third-order valence-electron chi connectivity index (χ3n) is 1.52. The van der Waals surface area contributed by atoms with E-state index in [1.54, 1.807) is 0 Å². The van der Waals surface area contributed by atoms with Gasteiger partial charge >= 0.3 is 8.80 Å². The molecule has 0 amide bonds. The van der Waals surface area contributed by atoms with Gasteiger partial charge in [0.05, 0.1) is 13.2 Å². The lowest BCUT2D eigenvalue weighted by molar-refractivity contribution is 0.127. The number of thiocarbonyl (C=S) groups is 1. The number of hydrogen-bond donors (Lipinski definition) is 0. The van der Waals surface area contributed by atoms with Crippen molar-refractivity contribution in [1.29, 1.82) is 0 Å². The zero-order valence-corrected chi connectivity index (χ0v) is 9.56. The molecule has 0 aliphatic heterocycles. The second-order valence-corrected chi connectivity index (χ2v) is 5.45. The van der Waals surface area contributed by atoms with E-state index in [4.69, 9.17) is 30.2 Å². The first-order valence-corrected chi connectivity index (χ1v) is 5.70. The van der Waals surface area contributed by atoms with Gasteiger partial charge in [-0.25, -0.2) is 0 Å². The van der Waals surface area contributed by atoms with Crippen molar-refractivity contribution in [1.82, 2.24) is 0 Å². The highest BCUT2D eigenvalue weighted by Crippen LogP contribution is 2.13. The number of methoxy groups -OCH3 is 1. The molecule has 0 aliphatic carbocycles. The maximum atomic E-state index is 5.14. The highest BCUT2D eigenvalue weighted by Gasteiger charge is 2.39. The average molecular weight is 210 g/mol. The summed E-state index contributed by atoms with van der Waals surface area (Å²) in [5.74, 6) is 0. The summed E-state index contributed by atoms with van der Waals surface area (Å²) in [4.78, 5) is 0. The molecule has 0 rings (SSSR count). The van der Waals surface area contributed by atoms with Crippen LogP contribution in [-0.2, 0) is 18.0 Å². The van der Waals surface area contributed by atoms with Gasteiger partial charge in [-0.1, -0.05) is 0 Å². The molecule has 0 aliphatic rings. The van der Waals surface area contributed by atoms with Crippen LogP contribution in [0.15, 0.2) is 0 Å². The Hall–Kier alpha value is -0.0131. The minimum Gasteiger partial charge on any atom is -0.490 e. The van der Waals surface area contributed by atoms with Gasteiger partial charge in [-0.2, -0.15) is 0 Å². The molecule has 0 aromatic carbocycles. The maximum absolute atomic E-state index is 5.14. The van der Waals surface area contributed by atoms with Crippen molar-refractivity contribution >= 4 is 26.1 Å². The second-order valence-electron chi connectivity index (χ2n) is 2.05. The first-order chi connectivity index (χ1) is 5.64. The summed E-state index contributed by atoms with van der Waals surface area (Å²) in [7, 11) is 3.57. The van der Waals surface area contributed by atoms with E-state index in [1.807, 2.05) is 0 Å². The van der Waals surface area contributed by atoms with Crippen molar-refractivity contribution in [2.75, 3.05) is 28.4 Å². The van der Waals surface area contributed by atoms with Gasteiger partial charge in [-0.15, -0.1) is 0 Å². The highest BCUT2D eigenvalue weighted by atomic mass is 32.1. The molecule has 0 radical (unpaired) electrons. The normalized spacial score (nSPS) is 11.3. The molecule has 0 bridgehead atoms. The van der Waals surface area contributed by atoms with E-state index < -0.39 is 8.80 Å². The van der Waals surface area contributed by atoms with Crippen molar-refractivity contribution < 1.29 is 18.0 Å². The zero-order valence-electron chi connectivity index (χ0n) is 7.75. The van der Waals surface area contributed by atoms with Crippen LogP contribution in [0.3, 0.4) is 0 Å². The summed E-state index contributed by atoms with van der Waals surface area (Å²) in [5.41, 5.74) is 0. The Morgan fingerprint density at radius 2 is 1.50 bits per heavy atom. The molecule has 0 spiro atoms. The Bertz CT molecular complexity index is 140. The number of ether oxygens (including phenoxy) is 1. The van der Waals surface area contributed by atoms with Crippen molar-refractivity contribution in [2.24, 2.45) is 0 Å². The number of hydrogen-bond acceptors (Lipinski definition) is 5. The van der Waals surface area contributed by atoms with Crippen LogP contribution in [0.2, 0.25) is 6.04 Å². The molecule has 0 N–H and O–H groups in total. The predicted octanol–water partition coefficient (Wildman–Crippen LogP) is 0.838. The summed E-state index contributed by atoms with van der Waals surface area (Å²) in [6.07, 6.45) is 0. The van der Waals surface area contributed by atoms with Crippen molar-refractivity contribution in [2.45, 2.75) is 6.04 Å². The Morgan fingerprint density at radius 3 is 1.75 bits per heavy atom. The van der Waals surface area contributed by atoms with Gasteiger partial charge in [-0.05, 0) is 12.2 Å². The molecule has 0 saturated carbocycles. The monoisotopic (exact) mass is 210 g/mol. The largest absolute Gasteiger partial charge is 0.508 e. The predicted molar refractivity (Wildman–Crippen MR) is 51.2 cm³/mol. The van der Waals surface area contributed by atoms with E-state index in [-0.39, 0.29) is 0 Å². The number of rotatable bonds is 5. The van der Waals surface area contributed by atoms with Crippen LogP contribution in [0.4, 0.5) is 0 Å². The molecule has 6 heteroatoms. The SMILES string of the molecule is COC(=S)C[Si](OC)(OC)OC. The van der Waals surface area contributed by atoms with Gasteiger partial charge < -0.3 is 18.0 Å². The topological polar surface area (TPSA) is 36.9 Å². The summed E-state index contributed by atoms with van der Waals surface area (Å²) in [5, 5.41) is 0.437. The summed E-state index contributed by atoms with van der Waals surface area (Å²) in [6.45, 7) is 0. The van der Waals surface area contributed by atoms with Gasteiger partial charge in [0.25, 0.3) is 0 Å². The Balaban J connectivity index is 4.19. The van der Waals surface area contributed by atoms with Gasteiger partial charge in [-0.3, -0.25) is 0 Å². The Morgan fingerprint density at radius 1 is 1.08 bits per heavy atom. The molecule has 12 heavy (non-hydrogen) atoms. The summed E-state index contributed by atoms with van der Waals surface area (Å²) >= 11 is 4.87. The lowest BCUT2D eigenvalue weighted by atomic mass is 10.8. The molecular formula is C6H14O4SSi. The third-order valence-corrected chi connectivity index (χ3v) is 4.71. The van der Waals surface area contributed by atoms with Crippen molar-refractivity contribution in [3.8, 4) is 0 Å². The standard InChI is InChI=1S/C6H14O4SSi/c1-7-6(11)5-12(8-2,9-3)10-4/h5H2,1-4H3. The maximum Gasteiger partial charge on any atom is 0.508 e. The molecule has 0 saturated heterocycles. The molecule has 4 nitrogen and oxygen atoms in total. The van der Waals surface area contributed by atoms with Gasteiger partial charge in [0, 0.05) is 21.3 Å².